The molecule has 3 aromatic heterocycles. The van der Waals surface area contributed by atoms with Crippen LogP contribution in [-0.2, 0) is 0 Å². The van der Waals surface area contributed by atoms with Crippen LogP contribution in [0.25, 0.3) is 100 Å². The zero-order valence-corrected chi connectivity index (χ0v) is 27.7. The van der Waals surface area contributed by atoms with Gasteiger partial charge in [0.1, 0.15) is 22.3 Å². The molecule has 5 nitrogen and oxygen atoms in total. The van der Waals surface area contributed by atoms with E-state index in [0.29, 0.717) is 17.5 Å². The first-order chi connectivity index (χ1) is 25.1. The molecule has 0 spiro atoms. The number of rotatable bonds is 5. The molecule has 0 saturated carbocycles. The molecule has 10 aromatic rings. The maximum Gasteiger partial charge on any atom is 0.164 e. The number of aryl methyl sites for hydroxylation is 1. The van der Waals surface area contributed by atoms with Crippen molar-refractivity contribution in [3.05, 3.63) is 163 Å². The third-order valence-electron chi connectivity index (χ3n) is 9.58. The van der Waals surface area contributed by atoms with Crippen molar-refractivity contribution in [2.45, 2.75) is 6.92 Å². The van der Waals surface area contributed by atoms with Crippen LogP contribution in [0.5, 0.6) is 0 Å². The molecule has 0 amide bonds. The van der Waals surface area contributed by atoms with E-state index in [1.54, 1.807) is 0 Å². The SMILES string of the molecule is Cc1cccc(-c2cccc(-c3nc(-c4ccc5c(c4)oc4ccccc45)nc(-c4ccc5c(c4)oc4cccc(-c6ccccc6)c45)n3)c2)c1. The van der Waals surface area contributed by atoms with Gasteiger partial charge in [0.05, 0.1) is 0 Å². The smallest absolute Gasteiger partial charge is 0.164 e. The van der Waals surface area contributed by atoms with Crippen LogP contribution in [0.3, 0.4) is 0 Å². The largest absolute Gasteiger partial charge is 0.456 e. The standard InChI is InChI=1S/C46H29N3O2/c1-28-10-7-13-30(24-28)31-14-8-15-32(25-31)44-47-45(33-20-22-37-36-16-5-6-18-39(36)50-41(37)26-33)49-46(48-44)34-21-23-38-42(27-34)51-40-19-9-17-35(43(38)40)29-11-3-2-4-12-29/h2-27H,1H3. The van der Waals surface area contributed by atoms with Crippen molar-refractivity contribution in [3.63, 3.8) is 0 Å². The van der Waals surface area contributed by atoms with E-state index in [9.17, 15) is 0 Å². The van der Waals surface area contributed by atoms with E-state index in [1.807, 2.05) is 48.5 Å². The van der Waals surface area contributed by atoms with Gasteiger partial charge >= 0.3 is 0 Å². The summed E-state index contributed by atoms with van der Waals surface area (Å²) in [7, 11) is 0. The number of hydrogen-bond acceptors (Lipinski definition) is 5. The van der Waals surface area contributed by atoms with Crippen LogP contribution in [-0.4, -0.2) is 15.0 Å². The number of furan rings is 2. The van der Waals surface area contributed by atoms with Crippen LogP contribution in [0.1, 0.15) is 5.56 Å². The van der Waals surface area contributed by atoms with E-state index >= 15 is 0 Å². The molecule has 0 saturated heterocycles. The minimum Gasteiger partial charge on any atom is -0.456 e. The van der Waals surface area contributed by atoms with Gasteiger partial charge in [-0.05, 0) is 71.6 Å². The van der Waals surface area contributed by atoms with Gasteiger partial charge < -0.3 is 8.83 Å². The van der Waals surface area contributed by atoms with E-state index in [2.05, 4.69) is 116 Å². The maximum atomic E-state index is 6.47. The summed E-state index contributed by atoms with van der Waals surface area (Å²) in [5.41, 5.74) is 11.6. The number of para-hydroxylation sites is 1. The van der Waals surface area contributed by atoms with E-state index in [0.717, 1.165) is 82.8 Å². The Morgan fingerprint density at radius 1 is 0.353 bits per heavy atom. The molecule has 5 heteroatoms. The fraction of sp³-hybridized carbons (Fsp3) is 0.0217. The average molecular weight is 656 g/mol. The van der Waals surface area contributed by atoms with Crippen molar-refractivity contribution in [3.8, 4) is 56.4 Å². The quantitative estimate of drug-likeness (QED) is 0.185. The summed E-state index contributed by atoms with van der Waals surface area (Å²) in [5.74, 6) is 1.71. The molecule has 0 atom stereocenters. The highest BCUT2D eigenvalue weighted by atomic mass is 16.3. The van der Waals surface area contributed by atoms with Crippen LogP contribution >= 0.6 is 0 Å². The summed E-state index contributed by atoms with van der Waals surface area (Å²) in [6, 6.07) is 54.0. The lowest BCUT2D eigenvalue weighted by Crippen LogP contribution is -2.00. The number of aromatic nitrogens is 3. The minimum atomic E-state index is 0.561. The summed E-state index contributed by atoms with van der Waals surface area (Å²) in [5, 5.41) is 4.27. The number of fused-ring (bicyclic) bond motifs is 6. The highest BCUT2D eigenvalue weighted by Crippen LogP contribution is 2.39. The first kappa shape index (κ1) is 29.1. The van der Waals surface area contributed by atoms with Gasteiger partial charge in [0.2, 0.25) is 0 Å². The van der Waals surface area contributed by atoms with Gasteiger partial charge in [-0.15, -0.1) is 0 Å². The van der Waals surface area contributed by atoms with Crippen LogP contribution in [0, 0.1) is 6.92 Å². The highest BCUT2D eigenvalue weighted by molar-refractivity contribution is 6.13. The van der Waals surface area contributed by atoms with Gasteiger partial charge in [0.25, 0.3) is 0 Å². The topological polar surface area (TPSA) is 65.0 Å². The second kappa shape index (κ2) is 11.6. The molecule has 51 heavy (non-hydrogen) atoms. The lowest BCUT2D eigenvalue weighted by molar-refractivity contribution is 0.668. The summed E-state index contributed by atoms with van der Waals surface area (Å²) < 4.78 is 12.7. The Kier molecular flexibility index (Phi) is 6.64. The van der Waals surface area contributed by atoms with Crippen molar-refractivity contribution in [2.24, 2.45) is 0 Å². The molecule has 0 aliphatic heterocycles. The van der Waals surface area contributed by atoms with Crippen molar-refractivity contribution < 1.29 is 8.83 Å². The Morgan fingerprint density at radius 2 is 0.882 bits per heavy atom. The molecule has 7 aromatic carbocycles. The molecule has 0 unspecified atom stereocenters. The second-order valence-corrected chi connectivity index (χ2v) is 12.9. The number of nitrogens with zero attached hydrogens (tertiary/aromatic N) is 3. The van der Waals surface area contributed by atoms with Gasteiger partial charge in [0, 0.05) is 38.2 Å². The highest BCUT2D eigenvalue weighted by Gasteiger charge is 2.18. The molecule has 0 aliphatic rings. The minimum absolute atomic E-state index is 0.561. The zero-order chi connectivity index (χ0) is 33.9. The monoisotopic (exact) mass is 655 g/mol. The first-order valence-corrected chi connectivity index (χ1v) is 17.0. The van der Waals surface area contributed by atoms with Crippen LogP contribution in [0.4, 0.5) is 0 Å². The fourth-order valence-electron chi connectivity index (χ4n) is 7.11. The second-order valence-electron chi connectivity index (χ2n) is 12.9. The van der Waals surface area contributed by atoms with Gasteiger partial charge in [0.15, 0.2) is 17.5 Å². The molecule has 0 N–H and O–H groups in total. The van der Waals surface area contributed by atoms with E-state index in [1.165, 1.54) is 5.56 Å². The first-order valence-electron chi connectivity index (χ1n) is 17.0. The van der Waals surface area contributed by atoms with Gasteiger partial charge in [-0.1, -0.05) is 121 Å². The van der Waals surface area contributed by atoms with Crippen LogP contribution in [0.2, 0.25) is 0 Å². The average Bonchev–Trinajstić information content (AvgIpc) is 3.76. The maximum absolute atomic E-state index is 6.47. The molecule has 0 aliphatic carbocycles. The lowest BCUT2D eigenvalue weighted by Gasteiger charge is -2.10. The number of hydrogen-bond donors (Lipinski definition) is 0. The Bertz CT molecular complexity index is 2940. The molecule has 0 bridgehead atoms. The van der Waals surface area contributed by atoms with Crippen LogP contribution in [0.15, 0.2) is 167 Å². The molecule has 3 heterocycles. The third-order valence-corrected chi connectivity index (χ3v) is 9.58. The Labute approximate surface area is 293 Å². The Morgan fingerprint density at radius 3 is 1.65 bits per heavy atom. The van der Waals surface area contributed by atoms with Crippen molar-refractivity contribution in [2.75, 3.05) is 0 Å². The van der Waals surface area contributed by atoms with Crippen LogP contribution < -0.4 is 0 Å². The molecule has 0 fully saturated rings. The van der Waals surface area contributed by atoms with Crippen molar-refractivity contribution in [1.29, 1.82) is 0 Å². The Hall–Kier alpha value is -6.85. The normalized spacial score (nSPS) is 11.6. The molecular weight excluding hydrogens is 627 g/mol. The summed E-state index contributed by atoms with van der Waals surface area (Å²) in [6.07, 6.45) is 0. The van der Waals surface area contributed by atoms with E-state index in [-0.39, 0.29) is 0 Å². The van der Waals surface area contributed by atoms with Crippen molar-refractivity contribution in [1.82, 2.24) is 15.0 Å². The number of benzene rings is 7. The summed E-state index contributed by atoms with van der Waals surface area (Å²) in [4.78, 5) is 15.2. The molecule has 0 radical (unpaired) electrons. The molecular formula is C46H29N3O2. The molecule has 240 valence electrons. The fourth-order valence-corrected chi connectivity index (χ4v) is 7.11. The van der Waals surface area contributed by atoms with Crippen molar-refractivity contribution >= 4 is 43.9 Å². The summed E-state index contributed by atoms with van der Waals surface area (Å²) >= 11 is 0. The Balaban J connectivity index is 1.15. The van der Waals surface area contributed by atoms with E-state index in [4.69, 9.17) is 23.8 Å². The van der Waals surface area contributed by atoms with Gasteiger partial charge in [-0.25, -0.2) is 15.0 Å². The molecule has 10 rings (SSSR count). The van der Waals surface area contributed by atoms with Gasteiger partial charge in [-0.3, -0.25) is 0 Å². The zero-order valence-electron chi connectivity index (χ0n) is 27.7. The van der Waals surface area contributed by atoms with Gasteiger partial charge in [-0.2, -0.15) is 0 Å². The predicted octanol–water partition coefficient (Wildman–Crippen LogP) is 12.3. The van der Waals surface area contributed by atoms with E-state index < -0.39 is 0 Å². The lowest BCUT2D eigenvalue weighted by atomic mass is 9.99. The predicted molar refractivity (Wildman–Crippen MR) is 206 cm³/mol. The summed E-state index contributed by atoms with van der Waals surface area (Å²) in [6.45, 7) is 2.11. The third kappa shape index (κ3) is 5.06.